The molecule has 0 aliphatic carbocycles. The largest absolute Gasteiger partial charge is 2.00 e. The summed E-state index contributed by atoms with van der Waals surface area (Å²) in [7, 11) is 0. The second-order valence-electron chi connectivity index (χ2n) is 7.87. The molecule has 0 atom stereocenters. The zero-order valence-electron chi connectivity index (χ0n) is 19.3. The Hall–Kier alpha value is -3.98. The number of pyridine rings is 3. The Morgan fingerprint density at radius 3 is 2.32 bits per heavy atom. The van der Waals surface area contributed by atoms with E-state index in [9.17, 15) is 22.0 Å². The van der Waals surface area contributed by atoms with E-state index in [2.05, 4.69) is 32.3 Å². The van der Waals surface area contributed by atoms with E-state index in [1.54, 1.807) is 60.4 Å². The molecule has 0 saturated heterocycles. The van der Waals surface area contributed by atoms with Gasteiger partial charge in [-0.3, -0.25) is 25.0 Å². The maximum absolute atomic E-state index is 14.4. The Bertz CT molecular complexity index is 1570. The fraction of sp³-hybridized carbons (Fsp3) is 0.0769. The van der Waals surface area contributed by atoms with Gasteiger partial charge in [-0.25, -0.2) is 8.78 Å². The molecule has 0 bridgehead atoms. The van der Waals surface area contributed by atoms with E-state index < -0.39 is 23.8 Å². The van der Waals surface area contributed by atoms with Crippen molar-refractivity contribution >= 4 is 17.3 Å². The van der Waals surface area contributed by atoms with Crippen LogP contribution in [0.2, 0.25) is 0 Å². The molecule has 12 heteroatoms. The number of benzene rings is 1. The van der Waals surface area contributed by atoms with Crippen LogP contribution in [0.3, 0.4) is 0 Å². The number of hydrogen-bond acceptors (Lipinski definition) is 5. The van der Waals surface area contributed by atoms with E-state index >= 15 is 0 Å². The minimum Gasteiger partial charge on any atom is -0.343 e. The van der Waals surface area contributed by atoms with Crippen LogP contribution < -0.4 is 4.90 Å². The van der Waals surface area contributed by atoms with Gasteiger partial charge in [0.1, 0.15) is 23.5 Å². The Balaban J connectivity index is 0.00000336. The minimum absolute atomic E-state index is 0. The maximum atomic E-state index is 14.4. The molecule has 1 aromatic carbocycles. The van der Waals surface area contributed by atoms with Crippen LogP contribution in [-0.4, -0.2) is 24.7 Å². The molecule has 194 valence electrons. The van der Waals surface area contributed by atoms with Gasteiger partial charge in [0.2, 0.25) is 0 Å². The van der Waals surface area contributed by atoms with Crippen molar-refractivity contribution in [2.24, 2.45) is 0 Å². The molecule has 38 heavy (non-hydrogen) atoms. The maximum Gasteiger partial charge on any atom is 2.00 e. The normalized spacial score (nSPS) is 11.2. The van der Waals surface area contributed by atoms with Crippen molar-refractivity contribution in [3.05, 3.63) is 108 Å². The second kappa shape index (κ2) is 10.8. The summed E-state index contributed by atoms with van der Waals surface area (Å²) in [6, 6.07) is 21.2. The molecule has 4 heterocycles. The van der Waals surface area contributed by atoms with E-state index in [4.69, 9.17) is 0 Å². The number of nitrogens with zero attached hydrogens (tertiary/aromatic N) is 6. The monoisotopic (exact) mass is 701 g/mol. The summed E-state index contributed by atoms with van der Waals surface area (Å²) < 4.78 is 67.8. The van der Waals surface area contributed by atoms with Gasteiger partial charge in [-0.15, -0.1) is 12.1 Å². The third-order valence-electron chi connectivity index (χ3n) is 5.19. The molecule has 6 nitrogen and oxygen atoms in total. The van der Waals surface area contributed by atoms with E-state index in [1.807, 2.05) is 6.07 Å². The summed E-state index contributed by atoms with van der Waals surface area (Å²) in [5.74, 6) is -1.37. The van der Waals surface area contributed by atoms with E-state index in [1.165, 1.54) is 6.07 Å². The molecule has 0 amide bonds. The Labute approximate surface area is 228 Å². The van der Waals surface area contributed by atoms with Gasteiger partial charge in [0.25, 0.3) is 0 Å². The first kappa shape index (κ1) is 27.1. The first-order valence-electron chi connectivity index (χ1n) is 10.8. The molecule has 0 radical (unpaired) electrons. The van der Waals surface area contributed by atoms with Crippen molar-refractivity contribution in [2.45, 2.75) is 13.1 Å². The fourth-order valence-corrected chi connectivity index (χ4v) is 3.60. The van der Waals surface area contributed by atoms with Crippen LogP contribution in [0.1, 0.15) is 11.3 Å². The van der Waals surface area contributed by atoms with Gasteiger partial charge in [0.05, 0.1) is 11.5 Å². The number of para-hydroxylation sites is 1. The average molecular weight is 702 g/mol. The number of anilines is 3. The van der Waals surface area contributed by atoms with Crippen LogP contribution in [0, 0.1) is 31.1 Å². The third-order valence-corrected chi connectivity index (χ3v) is 5.19. The van der Waals surface area contributed by atoms with Crippen LogP contribution in [0.4, 0.5) is 39.3 Å². The van der Waals surface area contributed by atoms with Crippen LogP contribution in [-0.2, 0) is 27.2 Å². The molecule has 0 aliphatic heterocycles. The molecule has 0 spiro atoms. The predicted molar refractivity (Wildman–Crippen MR) is 124 cm³/mol. The van der Waals surface area contributed by atoms with Gasteiger partial charge in [-0.2, -0.15) is 13.2 Å². The summed E-state index contributed by atoms with van der Waals surface area (Å²) in [6.07, 6.45) is -2.20. The first-order valence-corrected chi connectivity index (χ1v) is 10.8. The second-order valence-corrected chi connectivity index (χ2v) is 7.87. The molecule has 0 unspecified atom stereocenters. The van der Waals surface area contributed by atoms with Crippen LogP contribution >= 0.6 is 0 Å². The first-order chi connectivity index (χ1) is 17.7. The number of hydrogen-bond donors (Lipinski definition) is 0. The van der Waals surface area contributed by atoms with Crippen LogP contribution in [0.15, 0.2) is 72.8 Å². The third kappa shape index (κ3) is 5.62. The van der Waals surface area contributed by atoms with Crippen LogP contribution in [0.5, 0.6) is 0 Å². The van der Waals surface area contributed by atoms with Crippen molar-refractivity contribution in [3.63, 3.8) is 0 Å². The predicted octanol–water partition coefficient (Wildman–Crippen LogP) is 6.40. The standard InChI is InChI=1S/C26H15F5N6.Pt/c1-16-14-19(18-10-11-21(27)33-25(18)28)32-24(15-16)37(17-6-3-2-4-7-17)23-9-5-8-22(34-23)36-13-12-20(35-36)26(29,30)31;/h2-9,11-12,14-15H,1H3;/q-2;+2. The van der Waals surface area contributed by atoms with Gasteiger partial charge in [0, 0.05) is 5.69 Å². The summed E-state index contributed by atoms with van der Waals surface area (Å²) in [4.78, 5) is 13.9. The van der Waals surface area contributed by atoms with E-state index in [0.717, 1.165) is 16.8 Å². The Kier molecular flexibility index (Phi) is 7.68. The van der Waals surface area contributed by atoms with Gasteiger partial charge < -0.3 is 4.68 Å². The smallest absolute Gasteiger partial charge is 0.343 e. The molecule has 5 rings (SSSR count). The fourth-order valence-electron chi connectivity index (χ4n) is 3.60. The molecule has 0 saturated carbocycles. The zero-order valence-corrected chi connectivity index (χ0v) is 21.6. The van der Waals surface area contributed by atoms with Gasteiger partial charge >= 0.3 is 27.2 Å². The molecular weight excluding hydrogens is 686 g/mol. The Morgan fingerprint density at radius 2 is 1.63 bits per heavy atom. The zero-order chi connectivity index (χ0) is 26.2. The van der Waals surface area contributed by atoms with Crippen LogP contribution in [0.25, 0.3) is 17.1 Å². The number of aromatic nitrogens is 5. The van der Waals surface area contributed by atoms with Crippen molar-refractivity contribution in [1.82, 2.24) is 24.7 Å². The van der Waals surface area contributed by atoms with Gasteiger partial charge in [0.15, 0.2) is 0 Å². The van der Waals surface area contributed by atoms with Crippen molar-refractivity contribution < 1.29 is 43.0 Å². The molecular formula is C26H15F5N6Pt. The summed E-state index contributed by atoms with van der Waals surface area (Å²) in [6.45, 7) is 1.77. The van der Waals surface area contributed by atoms with Gasteiger partial charge in [-0.05, 0) is 36.9 Å². The molecule has 5 aromatic rings. The molecule has 4 aromatic heterocycles. The Morgan fingerprint density at radius 1 is 0.868 bits per heavy atom. The topological polar surface area (TPSA) is 59.7 Å². The summed E-state index contributed by atoms with van der Waals surface area (Å²) >= 11 is 0. The van der Waals surface area contributed by atoms with Crippen molar-refractivity contribution in [2.75, 3.05) is 4.90 Å². The number of halogens is 5. The van der Waals surface area contributed by atoms with E-state index in [-0.39, 0.29) is 38.1 Å². The van der Waals surface area contributed by atoms with Gasteiger partial charge in [-0.1, -0.05) is 59.8 Å². The number of alkyl halides is 3. The van der Waals surface area contributed by atoms with E-state index in [0.29, 0.717) is 22.9 Å². The minimum atomic E-state index is -4.63. The number of rotatable bonds is 5. The SMILES string of the molecule is Cc1cc(-c2[c-]cc(F)nc2F)nc(N(c2ccccc2)c2cccc(-n3[c-]cc(C(F)(F)F)n3)n2)c1.[Pt+2]. The molecule has 0 fully saturated rings. The van der Waals surface area contributed by atoms with Crippen molar-refractivity contribution in [3.8, 4) is 17.1 Å². The van der Waals surface area contributed by atoms with Crippen molar-refractivity contribution in [1.29, 1.82) is 0 Å². The number of aryl methyl sites for hydroxylation is 1. The average Bonchev–Trinajstić information content (AvgIpc) is 3.36. The summed E-state index contributed by atoms with van der Waals surface area (Å²) in [5, 5.41) is 3.54. The molecule has 0 aliphatic rings. The summed E-state index contributed by atoms with van der Waals surface area (Å²) in [5.41, 5.74) is 0.262. The molecule has 0 N–H and O–H groups in total. The quantitative estimate of drug-likeness (QED) is 0.121.